The number of ether oxygens (including phenoxy) is 2. The number of rotatable bonds is 5. The molecule has 0 radical (unpaired) electrons. The van der Waals surface area contributed by atoms with Gasteiger partial charge in [0.15, 0.2) is 0 Å². The maximum Gasteiger partial charge on any atom is 0.326 e. The van der Waals surface area contributed by atoms with Crippen LogP contribution in [-0.2, 0) is 16.1 Å². The van der Waals surface area contributed by atoms with Gasteiger partial charge in [0.25, 0.3) is 0 Å². The number of carbonyl (C=O) groups excluding carboxylic acids is 1. The van der Waals surface area contributed by atoms with Crippen molar-refractivity contribution >= 4 is 17.0 Å². The number of esters is 1. The molecule has 0 amide bonds. The molecule has 0 unspecified atom stereocenters. The van der Waals surface area contributed by atoms with E-state index >= 15 is 0 Å². The molecule has 2 atom stereocenters. The van der Waals surface area contributed by atoms with Gasteiger partial charge in [-0.05, 0) is 61.6 Å². The number of hydrogen-bond donors (Lipinski definition) is 0. The molecule has 1 aromatic heterocycles. The normalized spacial score (nSPS) is 18.2. The molecule has 0 N–H and O–H groups in total. The second-order valence-electron chi connectivity index (χ2n) is 8.33. The summed E-state index contributed by atoms with van der Waals surface area (Å²) in [5, 5.41) is 0. The third kappa shape index (κ3) is 5.87. The van der Waals surface area contributed by atoms with E-state index in [2.05, 4.69) is 20.8 Å². The van der Waals surface area contributed by atoms with E-state index in [9.17, 15) is 4.79 Å². The molecule has 1 heterocycles. The maximum atomic E-state index is 12.7. The lowest BCUT2D eigenvalue weighted by Gasteiger charge is -2.26. The third-order valence-electron chi connectivity index (χ3n) is 5.48. The van der Waals surface area contributed by atoms with Gasteiger partial charge in [-0.1, -0.05) is 45.7 Å². The van der Waals surface area contributed by atoms with Crippen molar-refractivity contribution in [3.05, 3.63) is 48.5 Å². The molecule has 1 aliphatic rings. The second-order valence-corrected chi connectivity index (χ2v) is 8.33. The predicted octanol–water partition coefficient (Wildman–Crippen LogP) is 6.25. The average molecular weight is 423 g/mol. The summed E-state index contributed by atoms with van der Waals surface area (Å²) in [5.41, 5.74) is 2.74. The fourth-order valence-corrected chi connectivity index (χ4v) is 4.03. The summed E-state index contributed by atoms with van der Waals surface area (Å²) in [6.07, 6.45) is 5.57. The number of para-hydroxylation sites is 2. The van der Waals surface area contributed by atoms with E-state index in [1.807, 2.05) is 53.1 Å². The van der Waals surface area contributed by atoms with Crippen LogP contribution in [0.1, 0.15) is 52.9 Å². The van der Waals surface area contributed by atoms with Gasteiger partial charge in [-0.3, -0.25) is 4.79 Å². The number of hydrogen-bond acceptors (Lipinski definition) is 4. The zero-order chi connectivity index (χ0) is 22.2. The summed E-state index contributed by atoms with van der Waals surface area (Å²) < 4.78 is 13.0. The molecule has 0 spiro atoms. The van der Waals surface area contributed by atoms with Gasteiger partial charge in [-0.2, -0.15) is 0 Å². The first kappa shape index (κ1) is 22.9. The van der Waals surface area contributed by atoms with Crippen molar-refractivity contribution in [3.63, 3.8) is 0 Å². The van der Waals surface area contributed by atoms with Gasteiger partial charge >= 0.3 is 5.97 Å². The first-order valence-electron chi connectivity index (χ1n) is 11.3. The summed E-state index contributed by atoms with van der Waals surface area (Å²) >= 11 is 0. The minimum atomic E-state index is -0.197. The van der Waals surface area contributed by atoms with Crippen molar-refractivity contribution in [1.29, 1.82) is 0 Å². The molecule has 3 aromatic rings. The third-order valence-corrected chi connectivity index (χ3v) is 5.48. The van der Waals surface area contributed by atoms with Crippen LogP contribution >= 0.6 is 0 Å². The molecule has 2 aromatic carbocycles. The molecule has 0 bridgehead atoms. The van der Waals surface area contributed by atoms with Crippen molar-refractivity contribution < 1.29 is 14.3 Å². The molecular weight excluding hydrogens is 388 g/mol. The van der Waals surface area contributed by atoms with E-state index in [0.29, 0.717) is 5.92 Å². The van der Waals surface area contributed by atoms with E-state index in [-0.39, 0.29) is 18.6 Å². The number of nitrogens with zero attached hydrogens (tertiary/aromatic N) is 2. The number of fused-ring (bicyclic) bond motifs is 1. The standard InChI is InChI=1S/C23H26N2O3.C3H8/c1-16-6-5-7-19(14-16)28-22(26)15-25-21-9-4-3-8-20(21)24-23(25)17-10-12-18(27-2)13-11-17;1-3-2/h3-4,8-13,16,19H,5-7,14-15H2,1-2H3;3H2,1-2H3/t16-,19+;/m1./s1. The monoisotopic (exact) mass is 422 g/mol. The Kier molecular flexibility index (Phi) is 8.10. The first-order valence-corrected chi connectivity index (χ1v) is 11.3. The van der Waals surface area contributed by atoms with E-state index < -0.39 is 0 Å². The maximum absolute atomic E-state index is 12.7. The summed E-state index contributed by atoms with van der Waals surface area (Å²) in [6, 6.07) is 15.6. The van der Waals surface area contributed by atoms with Crippen LogP contribution in [0.4, 0.5) is 0 Å². The van der Waals surface area contributed by atoms with Crippen LogP contribution in [0.15, 0.2) is 48.5 Å². The number of carbonyl (C=O) groups is 1. The van der Waals surface area contributed by atoms with Crippen molar-refractivity contribution in [2.45, 2.75) is 65.5 Å². The fourth-order valence-electron chi connectivity index (χ4n) is 4.03. The highest BCUT2D eigenvalue weighted by atomic mass is 16.5. The van der Waals surface area contributed by atoms with Gasteiger partial charge in [0.1, 0.15) is 24.2 Å². The van der Waals surface area contributed by atoms with E-state index in [0.717, 1.165) is 47.4 Å². The zero-order valence-corrected chi connectivity index (χ0v) is 19.1. The van der Waals surface area contributed by atoms with Gasteiger partial charge in [-0.25, -0.2) is 4.98 Å². The number of benzene rings is 2. The minimum absolute atomic E-state index is 0.0375. The Morgan fingerprint density at radius 2 is 1.81 bits per heavy atom. The molecule has 0 aliphatic heterocycles. The Hall–Kier alpha value is -2.82. The number of aromatic nitrogens is 2. The molecule has 1 saturated carbocycles. The molecule has 31 heavy (non-hydrogen) atoms. The van der Waals surface area contributed by atoms with Crippen molar-refractivity contribution in [1.82, 2.24) is 9.55 Å². The van der Waals surface area contributed by atoms with E-state index in [1.54, 1.807) is 7.11 Å². The van der Waals surface area contributed by atoms with Crippen molar-refractivity contribution in [2.24, 2.45) is 5.92 Å². The van der Waals surface area contributed by atoms with E-state index in [1.165, 1.54) is 12.8 Å². The Balaban J connectivity index is 0.000000858. The second kappa shape index (κ2) is 11.0. The van der Waals surface area contributed by atoms with Crippen LogP contribution in [0.3, 0.4) is 0 Å². The van der Waals surface area contributed by atoms with E-state index in [4.69, 9.17) is 14.5 Å². The summed E-state index contributed by atoms with van der Waals surface area (Å²) in [6.45, 7) is 6.64. The highest BCUT2D eigenvalue weighted by molar-refractivity contribution is 5.83. The number of imidazole rings is 1. The number of methoxy groups -OCH3 is 1. The predicted molar refractivity (Wildman–Crippen MR) is 125 cm³/mol. The molecule has 5 heteroatoms. The minimum Gasteiger partial charge on any atom is -0.497 e. The Labute approximate surface area is 185 Å². The first-order chi connectivity index (χ1) is 15.0. The van der Waals surface area contributed by atoms with Gasteiger partial charge in [0, 0.05) is 5.56 Å². The summed E-state index contributed by atoms with van der Waals surface area (Å²) in [4.78, 5) is 17.5. The zero-order valence-electron chi connectivity index (χ0n) is 19.1. The summed E-state index contributed by atoms with van der Waals surface area (Å²) in [7, 11) is 1.65. The van der Waals surface area contributed by atoms with Crippen molar-refractivity contribution in [3.8, 4) is 17.1 Å². The lowest BCUT2D eigenvalue weighted by Crippen LogP contribution is -2.26. The van der Waals surface area contributed by atoms with Crippen LogP contribution in [-0.4, -0.2) is 28.7 Å². The molecule has 0 saturated heterocycles. The van der Waals surface area contributed by atoms with Crippen LogP contribution in [0, 0.1) is 5.92 Å². The van der Waals surface area contributed by atoms with Crippen LogP contribution in [0.5, 0.6) is 5.75 Å². The Morgan fingerprint density at radius 3 is 2.48 bits per heavy atom. The van der Waals surface area contributed by atoms with Gasteiger partial charge in [0.05, 0.1) is 18.1 Å². The SMILES string of the molecule is CCC.COc1ccc(-c2nc3ccccc3n2CC(=O)O[C@H]2CCC[C@@H](C)C2)cc1. The quantitative estimate of drug-likeness (QED) is 0.456. The van der Waals surface area contributed by atoms with Crippen LogP contribution < -0.4 is 4.74 Å². The lowest BCUT2D eigenvalue weighted by atomic mass is 9.89. The Bertz CT molecular complexity index is 978. The molecular formula is C26H34N2O3. The molecule has 166 valence electrons. The molecule has 1 fully saturated rings. The van der Waals surface area contributed by atoms with Gasteiger partial charge < -0.3 is 14.0 Å². The molecule has 1 aliphatic carbocycles. The van der Waals surface area contributed by atoms with Crippen LogP contribution in [0.25, 0.3) is 22.4 Å². The van der Waals surface area contributed by atoms with Gasteiger partial charge in [-0.15, -0.1) is 0 Å². The van der Waals surface area contributed by atoms with Gasteiger partial charge in [0.2, 0.25) is 0 Å². The van der Waals surface area contributed by atoms with Crippen LogP contribution in [0.2, 0.25) is 0 Å². The highest BCUT2D eigenvalue weighted by Crippen LogP contribution is 2.28. The fraction of sp³-hybridized carbons (Fsp3) is 0.462. The molecule has 4 rings (SSSR count). The largest absolute Gasteiger partial charge is 0.497 e. The molecule has 5 nitrogen and oxygen atoms in total. The topological polar surface area (TPSA) is 53.4 Å². The highest BCUT2D eigenvalue weighted by Gasteiger charge is 2.23. The average Bonchev–Trinajstić information content (AvgIpc) is 3.13. The lowest BCUT2D eigenvalue weighted by molar-refractivity contribution is -0.151. The Morgan fingerprint density at radius 1 is 1.10 bits per heavy atom. The summed E-state index contributed by atoms with van der Waals surface area (Å²) in [5.74, 6) is 1.97. The van der Waals surface area contributed by atoms with Crippen molar-refractivity contribution in [2.75, 3.05) is 7.11 Å². The smallest absolute Gasteiger partial charge is 0.326 e.